The van der Waals surface area contributed by atoms with Gasteiger partial charge in [-0.2, -0.15) is 13.2 Å². The first kappa shape index (κ1) is 18.8. The number of nitrogens with one attached hydrogen (secondary N) is 1. The minimum Gasteiger partial charge on any atom is -0.497 e. The Morgan fingerprint density at radius 3 is 2.63 bits per heavy atom. The number of alkyl halides is 3. The Morgan fingerprint density at radius 2 is 2.00 bits per heavy atom. The number of halogens is 3. The Morgan fingerprint density at radius 1 is 1.22 bits per heavy atom. The number of benzene rings is 1. The number of hydrogen-bond acceptors (Lipinski definition) is 6. The van der Waals surface area contributed by atoms with Crippen LogP contribution in [0, 0.1) is 6.92 Å². The van der Waals surface area contributed by atoms with Crippen molar-refractivity contribution in [1.82, 2.24) is 15.0 Å². The first-order valence-corrected chi connectivity index (χ1v) is 8.58. The van der Waals surface area contributed by atoms with Gasteiger partial charge in [0, 0.05) is 22.8 Å². The van der Waals surface area contributed by atoms with Crippen LogP contribution in [0.15, 0.2) is 37.0 Å². The van der Waals surface area contributed by atoms with Gasteiger partial charge in [0.15, 0.2) is 0 Å². The molecule has 0 aliphatic rings. The van der Waals surface area contributed by atoms with Crippen molar-refractivity contribution in [2.75, 3.05) is 12.4 Å². The van der Waals surface area contributed by atoms with E-state index in [4.69, 9.17) is 4.74 Å². The number of aryl methyl sites for hydroxylation is 1. The molecule has 5 nitrogen and oxygen atoms in total. The van der Waals surface area contributed by atoms with Crippen LogP contribution in [0.25, 0.3) is 16.8 Å². The Hall–Kier alpha value is -2.94. The van der Waals surface area contributed by atoms with E-state index in [0.717, 1.165) is 22.7 Å². The lowest BCUT2D eigenvalue weighted by molar-refractivity contribution is -0.137. The lowest BCUT2D eigenvalue weighted by Gasteiger charge is -2.12. The number of hydrogen-bond donors (Lipinski definition) is 1. The second kappa shape index (κ2) is 7.36. The predicted molar refractivity (Wildman–Crippen MR) is 99.2 cm³/mol. The molecule has 2 aromatic heterocycles. The van der Waals surface area contributed by atoms with E-state index in [9.17, 15) is 13.2 Å². The van der Waals surface area contributed by atoms with E-state index in [1.807, 2.05) is 6.92 Å². The summed E-state index contributed by atoms with van der Waals surface area (Å²) in [6.07, 6.45) is -1.27. The van der Waals surface area contributed by atoms with Crippen molar-refractivity contribution in [1.29, 1.82) is 0 Å². The lowest BCUT2D eigenvalue weighted by atomic mass is 10.2. The zero-order valence-electron chi connectivity index (χ0n) is 14.5. The van der Waals surface area contributed by atoms with Gasteiger partial charge in [-0.1, -0.05) is 12.7 Å². The summed E-state index contributed by atoms with van der Waals surface area (Å²) in [6.45, 7) is 5.61. The number of nitrogens with zero attached hydrogens (tertiary/aromatic N) is 3. The minimum absolute atomic E-state index is 0.0784. The summed E-state index contributed by atoms with van der Waals surface area (Å²) in [4.78, 5) is 13.8. The lowest BCUT2D eigenvalue weighted by Crippen LogP contribution is -2.07. The van der Waals surface area contributed by atoms with Gasteiger partial charge in [0.2, 0.25) is 5.95 Å². The van der Waals surface area contributed by atoms with Crippen molar-refractivity contribution in [3.05, 3.63) is 53.2 Å². The van der Waals surface area contributed by atoms with Crippen LogP contribution < -0.4 is 10.1 Å². The number of ether oxygens (including phenoxy) is 1. The second-order valence-electron chi connectivity index (χ2n) is 5.51. The van der Waals surface area contributed by atoms with E-state index in [1.165, 1.54) is 30.7 Å². The zero-order valence-corrected chi connectivity index (χ0v) is 15.3. The molecule has 0 aliphatic heterocycles. The van der Waals surface area contributed by atoms with Crippen LogP contribution in [0.4, 0.5) is 24.8 Å². The summed E-state index contributed by atoms with van der Waals surface area (Å²) >= 11 is 1.42. The van der Waals surface area contributed by atoms with Gasteiger partial charge in [-0.25, -0.2) is 15.0 Å². The summed E-state index contributed by atoms with van der Waals surface area (Å²) in [6, 6.07) is 5.03. The topological polar surface area (TPSA) is 59.9 Å². The van der Waals surface area contributed by atoms with Crippen molar-refractivity contribution in [3.63, 3.8) is 0 Å². The van der Waals surface area contributed by atoms with Gasteiger partial charge in [-0.05, 0) is 25.1 Å². The zero-order chi connectivity index (χ0) is 19.6. The summed E-state index contributed by atoms with van der Waals surface area (Å²) in [7, 11) is 1.30. The monoisotopic (exact) mass is 392 g/mol. The third kappa shape index (κ3) is 4.25. The molecule has 27 heavy (non-hydrogen) atoms. The highest BCUT2D eigenvalue weighted by molar-refractivity contribution is 7.16. The molecule has 3 aromatic rings. The van der Waals surface area contributed by atoms with Gasteiger partial charge >= 0.3 is 6.18 Å². The third-order valence-corrected chi connectivity index (χ3v) is 4.79. The molecule has 0 atom stereocenters. The van der Waals surface area contributed by atoms with Crippen molar-refractivity contribution in [3.8, 4) is 16.5 Å². The molecular weight excluding hydrogens is 377 g/mol. The van der Waals surface area contributed by atoms with E-state index < -0.39 is 11.7 Å². The number of anilines is 2. The average Bonchev–Trinajstić information content (AvgIpc) is 3.02. The van der Waals surface area contributed by atoms with Crippen LogP contribution in [0.5, 0.6) is 5.75 Å². The number of aromatic nitrogens is 3. The fourth-order valence-corrected chi connectivity index (χ4v) is 3.21. The van der Waals surface area contributed by atoms with E-state index >= 15 is 0 Å². The molecule has 0 unspecified atom stereocenters. The van der Waals surface area contributed by atoms with E-state index in [1.54, 1.807) is 12.1 Å². The Labute approximate surface area is 157 Å². The first-order chi connectivity index (χ1) is 12.8. The number of methoxy groups -OCH3 is 1. The van der Waals surface area contributed by atoms with Crippen LogP contribution in [0.2, 0.25) is 0 Å². The molecule has 0 aliphatic carbocycles. The quantitative estimate of drug-likeness (QED) is 0.637. The highest BCUT2D eigenvalue weighted by Crippen LogP contribution is 2.35. The average molecular weight is 392 g/mol. The second-order valence-corrected chi connectivity index (χ2v) is 6.54. The van der Waals surface area contributed by atoms with Gasteiger partial charge < -0.3 is 10.1 Å². The number of rotatable bonds is 5. The highest BCUT2D eigenvalue weighted by Gasteiger charge is 2.31. The van der Waals surface area contributed by atoms with Gasteiger partial charge in [-0.15, -0.1) is 11.3 Å². The molecule has 1 aromatic carbocycles. The Kier molecular flexibility index (Phi) is 5.13. The minimum atomic E-state index is -4.49. The van der Waals surface area contributed by atoms with Gasteiger partial charge in [0.25, 0.3) is 0 Å². The molecule has 9 heteroatoms. The summed E-state index contributed by atoms with van der Waals surface area (Å²) in [5, 5.41) is 3.47. The van der Waals surface area contributed by atoms with Crippen molar-refractivity contribution in [2.24, 2.45) is 0 Å². The molecule has 140 valence electrons. The smallest absolute Gasteiger partial charge is 0.416 e. The molecule has 0 amide bonds. The largest absolute Gasteiger partial charge is 0.497 e. The SMILES string of the molecule is C=Cc1sc(-c2ccnc(Nc3cc(OC)cc(C(F)(F)F)c3)n2)nc1C. The van der Waals surface area contributed by atoms with Gasteiger partial charge in [-0.3, -0.25) is 0 Å². The fraction of sp³-hybridized carbons (Fsp3) is 0.167. The summed E-state index contributed by atoms with van der Waals surface area (Å²) in [5.74, 6) is 0.233. The Bertz CT molecular complexity index is 985. The third-order valence-electron chi connectivity index (χ3n) is 3.62. The molecule has 0 radical (unpaired) electrons. The van der Waals surface area contributed by atoms with Crippen molar-refractivity contribution < 1.29 is 17.9 Å². The normalized spacial score (nSPS) is 11.3. The molecule has 1 N–H and O–H groups in total. The maximum atomic E-state index is 13.1. The van der Waals surface area contributed by atoms with Crippen LogP contribution in [0.1, 0.15) is 16.1 Å². The first-order valence-electron chi connectivity index (χ1n) is 7.76. The van der Waals surface area contributed by atoms with Gasteiger partial charge in [0.05, 0.1) is 18.4 Å². The summed E-state index contributed by atoms with van der Waals surface area (Å²) < 4.78 is 44.1. The highest BCUT2D eigenvalue weighted by atomic mass is 32.1. The molecular formula is C18H15F3N4OS. The molecule has 0 fully saturated rings. The van der Waals surface area contributed by atoms with Gasteiger partial charge in [0.1, 0.15) is 16.5 Å². The van der Waals surface area contributed by atoms with Crippen molar-refractivity contribution in [2.45, 2.75) is 13.1 Å². The van der Waals surface area contributed by atoms with Crippen LogP contribution in [-0.2, 0) is 6.18 Å². The van der Waals surface area contributed by atoms with Crippen LogP contribution in [0.3, 0.4) is 0 Å². The maximum absolute atomic E-state index is 13.1. The standard InChI is InChI=1S/C18H15F3N4OS/c1-4-15-10(2)23-16(27-15)14-5-6-22-17(25-14)24-12-7-11(18(19,20)21)8-13(9-12)26-3/h4-9H,1H2,2-3H3,(H,22,24,25). The van der Waals surface area contributed by atoms with E-state index in [2.05, 4.69) is 26.8 Å². The molecule has 0 saturated heterocycles. The van der Waals surface area contributed by atoms with Crippen LogP contribution >= 0.6 is 11.3 Å². The molecule has 0 saturated carbocycles. The molecule has 0 bridgehead atoms. The van der Waals surface area contributed by atoms with E-state index in [0.29, 0.717) is 10.7 Å². The predicted octanol–water partition coefficient (Wildman–Crippen LogP) is 5.32. The van der Waals surface area contributed by atoms with E-state index in [-0.39, 0.29) is 17.4 Å². The molecule has 3 rings (SSSR count). The Balaban J connectivity index is 1.93. The summed E-state index contributed by atoms with van der Waals surface area (Å²) in [5.41, 5.74) is 0.737. The maximum Gasteiger partial charge on any atom is 0.416 e. The van der Waals surface area contributed by atoms with Crippen LogP contribution in [-0.4, -0.2) is 22.1 Å². The van der Waals surface area contributed by atoms with Crippen molar-refractivity contribution >= 4 is 29.0 Å². The molecule has 0 spiro atoms. The fourth-order valence-electron chi connectivity index (χ4n) is 2.33. The molecule has 2 heterocycles. The number of thiazole rings is 1.